The standard InChI is InChI=1S/C21H16FNO4/c1-11-18(14-4-2-12(10-24)3-5-14)17(22)9-23-19(11)15(13-6-7-13)8-16(20(23)25)21(26)27/h2-5,8-10,13H,6-7H2,1H3,(H,26,27). The topological polar surface area (TPSA) is 75.8 Å². The quantitative estimate of drug-likeness (QED) is 0.714. The van der Waals surface area contributed by atoms with E-state index in [1.54, 1.807) is 31.2 Å². The second kappa shape index (κ2) is 6.16. The van der Waals surface area contributed by atoms with Crippen molar-refractivity contribution < 1.29 is 19.1 Å². The summed E-state index contributed by atoms with van der Waals surface area (Å²) in [5, 5.41) is 9.34. The van der Waals surface area contributed by atoms with Crippen LogP contribution in [0.25, 0.3) is 16.6 Å². The van der Waals surface area contributed by atoms with E-state index in [1.165, 1.54) is 6.07 Å². The van der Waals surface area contributed by atoms with Gasteiger partial charge in [-0.15, -0.1) is 0 Å². The fourth-order valence-corrected chi connectivity index (χ4v) is 3.59. The number of fused-ring (bicyclic) bond motifs is 1. The van der Waals surface area contributed by atoms with E-state index in [4.69, 9.17) is 0 Å². The molecule has 2 heterocycles. The Balaban J connectivity index is 2.07. The monoisotopic (exact) mass is 365 g/mol. The molecule has 0 unspecified atom stereocenters. The number of carboxylic acids is 1. The molecule has 0 spiro atoms. The lowest BCUT2D eigenvalue weighted by atomic mass is 9.95. The summed E-state index contributed by atoms with van der Waals surface area (Å²) in [4.78, 5) is 34.9. The molecule has 1 aromatic carbocycles. The Morgan fingerprint density at radius 2 is 1.93 bits per heavy atom. The Hall–Kier alpha value is -3.28. The number of pyridine rings is 2. The van der Waals surface area contributed by atoms with Crippen LogP contribution in [0.2, 0.25) is 0 Å². The minimum atomic E-state index is -1.32. The van der Waals surface area contributed by atoms with Crippen LogP contribution in [0.3, 0.4) is 0 Å². The van der Waals surface area contributed by atoms with Crippen LogP contribution in [-0.2, 0) is 0 Å². The first-order valence-electron chi connectivity index (χ1n) is 8.59. The third-order valence-corrected chi connectivity index (χ3v) is 5.06. The van der Waals surface area contributed by atoms with Crippen LogP contribution < -0.4 is 5.56 Å². The average molecular weight is 365 g/mol. The van der Waals surface area contributed by atoms with Crippen molar-refractivity contribution in [3.8, 4) is 11.1 Å². The Bertz CT molecular complexity index is 1160. The van der Waals surface area contributed by atoms with Crippen molar-refractivity contribution in [2.24, 2.45) is 0 Å². The number of aryl methyl sites for hydroxylation is 1. The molecule has 0 saturated heterocycles. The molecule has 6 heteroatoms. The molecule has 0 amide bonds. The lowest BCUT2D eigenvalue weighted by Crippen LogP contribution is -2.24. The molecule has 1 aliphatic rings. The van der Waals surface area contributed by atoms with Crippen molar-refractivity contribution in [3.63, 3.8) is 0 Å². The Morgan fingerprint density at radius 3 is 2.48 bits per heavy atom. The normalized spacial score (nSPS) is 13.7. The van der Waals surface area contributed by atoms with E-state index in [-0.39, 0.29) is 11.5 Å². The maximum absolute atomic E-state index is 14.9. The van der Waals surface area contributed by atoms with Crippen LogP contribution in [0.5, 0.6) is 0 Å². The maximum atomic E-state index is 14.9. The predicted molar refractivity (Wildman–Crippen MR) is 98.1 cm³/mol. The number of hydrogen-bond acceptors (Lipinski definition) is 3. The summed E-state index contributed by atoms with van der Waals surface area (Å²) in [5.41, 5.74) is 2.22. The van der Waals surface area contributed by atoms with E-state index in [2.05, 4.69) is 0 Å². The fourth-order valence-electron chi connectivity index (χ4n) is 3.59. The molecule has 27 heavy (non-hydrogen) atoms. The Kier molecular flexibility index (Phi) is 3.91. The Morgan fingerprint density at radius 1 is 1.26 bits per heavy atom. The van der Waals surface area contributed by atoms with Gasteiger partial charge in [0.05, 0.1) is 5.52 Å². The molecule has 5 nitrogen and oxygen atoms in total. The largest absolute Gasteiger partial charge is 0.477 e. The first-order chi connectivity index (χ1) is 12.9. The van der Waals surface area contributed by atoms with Crippen LogP contribution >= 0.6 is 0 Å². The summed E-state index contributed by atoms with van der Waals surface area (Å²) in [6.45, 7) is 1.73. The molecule has 1 aliphatic carbocycles. The zero-order chi connectivity index (χ0) is 19.3. The zero-order valence-corrected chi connectivity index (χ0v) is 14.5. The smallest absolute Gasteiger partial charge is 0.341 e. The van der Waals surface area contributed by atoms with E-state index >= 15 is 0 Å². The van der Waals surface area contributed by atoms with Crippen LogP contribution in [-0.4, -0.2) is 21.8 Å². The zero-order valence-electron chi connectivity index (χ0n) is 14.5. The van der Waals surface area contributed by atoms with Gasteiger partial charge < -0.3 is 5.11 Å². The number of aromatic nitrogens is 1. The minimum Gasteiger partial charge on any atom is -0.477 e. The number of hydrogen-bond donors (Lipinski definition) is 1. The number of benzene rings is 1. The molecule has 136 valence electrons. The van der Waals surface area contributed by atoms with Gasteiger partial charge in [-0.2, -0.15) is 0 Å². The van der Waals surface area contributed by atoms with E-state index < -0.39 is 17.3 Å². The number of aromatic carboxylic acids is 1. The summed E-state index contributed by atoms with van der Waals surface area (Å²) in [6, 6.07) is 7.96. The molecule has 3 aromatic rings. The lowest BCUT2D eigenvalue weighted by Gasteiger charge is -2.16. The van der Waals surface area contributed by atoms with Crippen LogP contribution in [0.1, 0.15) is 50.6 Å². The second-order valence-electron chi connectivity index (χ2n) is 6.83. The number of halogens is 1. The molecule has 1 saturated carbocycles. The molecule has 0 bridgehead atoms. The van der Waals surface area contributed by atoms with Gasteiger partial charge in [0.2, 0.25) is 0 Å². The Labute approximate surface area is 153 Å². The van der Waals surface area contributed by atoms with Crippen LogP contribution in [0, 0.1) is 12.7 Å². The molecule has 0 atom stereocenters. The van der Waals surface area contributed by atoms with Crippen molar-refractivity contribution in [1.29, 1.82) is 0 Å². The summed E-state index contributed by atoms with van der Waals surface area (Å²) in [5.74, 6) is -1.76. The fraction of sp³-hybridized carbons (Fsp3) is 0.190. The van der Waals surface area contributed by atoms with Crippen molar-refractivity contribution in [3.05, 3.63) is 75.0 Å². The molecule has 0 radical (unpaired) electrons. The van der Waals surface area contributed by atoms with E-state index in [0.29, 0.717) is 34.1 Å². The van der Waals surface area contributed by atoms with E-state index in [1.807, 2.05) is 0 Å². The van der Waals surface area contributed by atoms with Gasteiger partial charge in [0, 0.05) is 17.3 Å². The van der Waals surface area contributed by atoms with E-state index in [0.717, 1.165) is 29.0 Å². The number of carbonyl (C=O) groups excluding carboxylic acids is 1. The first kappa shape index (κ1) is 17.1. The average Bonchev–Trinajstić information content (AvgIpc) is 3.48. The highest BCUT2D eigenvalue weighted by Crippen LogP contribution is 2.43. The van der Waals surface area contributed by atoms with Gasteiger partial charge >= 0.3 is 5.97 Å². The van der Waals surface area contributed by atoms with Gasteiger partial charge in [-0.05, 0) is 48.4 Å². The number of carboxylic acid groups (broad SMARTS) is 1. The molecular formula is C21H16FNO4. The summed E-state index contributed by atoms with van der Waals surface area (Å²) in [6.07, 6.45) is 3.59. The van der Waals surface area contributed by atoms with Gasteiger partial charge in [-0.1, -0.05) is 24.3 Å². The highest BCUT2D eigenvalue weighted by atomic mass is 19.1. The highest BCUT2D eigenvalue weighted by Gasteiger charge is 2.30. The molecule has 1 fully saturated rings. The third kappa shape index (κ3) is 2.73. The first-order valence-corrected chi connectivity index (χ1v) is 8.59. The molecule has 4 rings (SSSR count). The highest BCUT2D eigenvalue weighted by molar-refractivity contribution is 5.89. The SMILES string of the molecule is Cc1c(-c2ccc(C=O)cc2)c(F)cn2c(=O)c(C(=O)O)cc(C3CC3)c12. The number of aldehydes is 1. The van der Waals surface area contributed by atoms with Gasteiger partial charge in [-0.3, -0.25) is 14.0 Å². The maximum Gasteiger partial charge on any atom is 0.341 e. The second-order valence-corrected chi connectivity index (χ2v) is 6.83. The van der Waals surface area contributed by atoms with E-state index in [9.17, 15) is 23.9 Å². The van der Waals surface area contributed by atoms with Gasteiger partial charge in [-0.25, -0.2) is 9.18 Å². The molecule has 0 aliphatic heterocycles. The summed E-state index contributed by atoms with van der Waals surface area (Å²) in [7, 11) is 0. The van der Waals surface area contributed by atoms with Crippen molar-refractivity contribution >= 4 is 17.8 Å². The number of nitrogens with zero attached hydrogens (tertiary/aromatic N) is 1. The van der Waals surface area contributed by atoms with Crippen molar-refractivity contribution in [2.45, 2.75) is 25.7 Å². The molecule has 2 aromatic heterocycles. The van der Waals surface area contributed by atoms with Crippen LogP contribution in [0.4, 0.5) is 4.39 Å². The third-order valence-electron chi connectivity index (χ3n) is 5.06. The molecular weight excluding hydrogens is 349 g/mol. The predicted octanol–water partition coefficient (Wildman–Crippen LogP) is 3.80. The molecule has 1 N–H and O–H groups in total. The van der Waals surface area contributed by atoms with Crippen molar-refractivity contribution in [2.75, 3.05) is 0 Å². The minimum absolute atomic E-state index is 0.174. The summed E-state index contributed by atoms with van der Waals surface area (Å²) < 4.78 is 16.0. The number of carbonyl (C=O) groups is 2. The van der Waals surface area contributed by atoms with Crippen molar-refractivity contribution in [1.82, 2.24) is 4.40 Å². The lowest BCUT2D eigenvalue weighted by molar-refractivity contribution is 0.0694. The van der Waals surface area contributed by atoms with Gasteiger partial charge in [0.15, 0.2) is 0 Å². The van der Waals surface area contributed by atoms with Gasteiger partial charge in [0.25, 0.3) is 5.56 Å². The van der Waals surface area contributed by atoms with Gasteiger partial charge in [0.1, 0.15) is 17.7 Å². The summed E-state index contributed by atoms with van der Waals surface area (Å²) >= 11 is 0. The van der Waals surface area contributed by atoms with Crippen LogP contribution in [0.15, 0.2) is 41.3 Å². The number of rotatable bonds is 4.